The van der Waals surface area contributed by atoms with Crippen LogP contribution in [0.2, 0.25) is 0 Å². The Kier molecular flexibility index (Phi) is 7.97. The standard InChI is InChI=1S/C14H19N/c1-5-8-9-10-12-13(11-6-2)14(7-3)15-4/h5-11H,2,4,12H2,1,3H3/b8-5-,10-9-,13-11-,14-7+. The molecule has 1 nitrogen and oxygen atoms in total. The molecule has 0 fully saturated rings. The van der Waals surface area contributed by atoms with E-state index in [0.717, 1.165) is 17.7 Å². The number of hydrogen-bond donors (Lipinski definition) is 0. The zero-order valence-corrected chi connectivity index (χ0v) is 9.61. The summed E-state index contributed by atoms with van der Waals surface area (Å²) < 4.78 is 0. The van der Waals surface area contributed by atoms with Crippen molar-refractivity contribution in [2.75, 3.05) is 0 Å². The van der Waals surface area contributed by atoms with Crippen LogP contribution in [0.4, 0.5) is 0 Å². The lowest BCUT2D eigenvalue weighted by molar-refractivity contribution is 1.18. The first-order chi connectivity index (χ1) is 7.29. The lowest BCUT2D eigenvalue weighted by atomic mass is 10.1. The summed E-state index contributed by atoms with van der Waals surface area (Å²) in [6.07, 6.45) is 14.6. The van der Waals surface area contributed by atoms with E-state index in [1.807, 2.05) is 44.2 Å². The van der Waals surface area contributed by atoms with Crippen molar-refractivity contribution < 1.29 is 0 Å². The van der Waals surface area contributed by atoms with Crippen LogP contribution in [0.15, 0.2) is 65.4 Å². The number of aliphatic imine (C=N–C) groups is 1. The minimum absolute atomic E-state index is 0.842. The molecule has 0 bridgehead atoms. The van der Waals surface area contributed by atoms with Gasteiger partial charge in [-0.25, -0.2) is 0 Å². The Morgan fingerprint density at radius 1 is 1.27 bits per heavy atom. The highest BCUT2D eigenvalue weighted by Gasteiger charge is 1.98. The second kappa shape index (κ2) is 8.95. The molecule has 0 aromatic heterocycles. The van der Waals surface area contributed by atoms with Gasteiger partial charge in [0.2, 0.25) is 0 Å². The third kappa shape index (κ3) is 5.63. The zero-order chi connectivity index (χ0) is 11.5. The van der Waals surface area contributed by atoms with Crippen LogP contribution in [0.1, 0.15) is 20.3 Å². The van der Waals surface area contributed by atoms with Gasteiger partial charge in [0.15, 0.2) is 0 Å². The third-order valence-electron chi connectivity index (χ3n) is 1.87. The van der Waals surface area contributed by atoms with Crippen molar-refractivity contribution in [2.24, 2.45) is 4.99 Å². The molecule has 0 atom stereocenters. The van der Waals surface area contributed by atoms with Gasteiger partial charge < -0.3 is 0 Å². The SMILES string of the molecule is C=C/C=C(C/C=C\C=C/C)\C(=C/C)N=C. The van der Waals surface area contributed by atoms with E-state index in [1.165, 1.54) is 0 Å². The monoisotopic (exact) mass is 201 g/mol. The smallest absolute Gasteiger partial charge is 0.0614 e. The van der Waals surface area contributed by atoms with Crippen molar-refractivity contribution in [3.05, 3.63) is 60.4 Å². The zero-order valence-electron chi connectivity index (χ0n) is 9.61. The second-order valence-corrected chi connectivity index (χ2v) is 2.92. The maximum Gasteiger partial charge on any atom is 0.0614 e. The van der Waals surface area contributed by atoms with Crippen LogP contribution >= 0.6 is 0 Å². The Bertz CT molecular complexity index is 314. The molecule has 0 aromatic carbocycles. The fraction of sp³-hybridized carbons (Fsp3) is 0.214. The number of allylic oxidation sites excluding steroid dienone is 8. The molecule has 0 saturated carbocycles. The van der Waals surface area contributed by atoms with E-state index >= 15 is 0 Å². The largest absolute Gasteiger partial charge is 0.265 e. The molecule has 0 saturated heterocycles. The van der Waals surface area contributed by atoms with Crippen molar-refractivity contribution in [3.63, 3.8) is 0 Å². The van der Waals surface area contributed by atoms with E-state index in [-0.39, 0.29) is 0 Å². The second-order valence-electron chi connectivity index (χ2n) is 2.92. The lowest BCUT2D eigenvalue weighted by Crippen LogP contribution is -1.84. The van der Waals surface area contributed by atoms with Crippen LogP contribution in [0.3, 0.4) is 0 Å². The number of rotatable bonds is 6. The maximum absolute atomic E-state index is 3.97. The fourth-order valence-electron chi connectivity index (χ4n) is 1.16. The molecule has 15 heavy (non-hydrogen) atoms. The molecule has 0 heterocycles. The Balaban J connectivity index is 4.63. The first kappa shape index (κ1) is 13.4. The average Bonchev–Trinajstić information content (AvgIpc) is 2.26. The van der Waals surface area contributed by atoms with Gasteiger partial charge >= 0.3 is 0 Å². The van der Waals surface area contributed by atoms with Crippen molar-refractivity contribution in [1.29, 1.82) is 0 Å². The Hall–Kier alpha value is -1.63. The first-order valence-electron chi connectivity index (χ1n) is 5.03. The Labute approximate surface area is 92.9 Å². The van der Waals surface area contributed by atoms with Crippen molar-refractivity contribution >= 4 is 6.72 Å². The normalized spacial score (nSPS) is 13.7. The molecular weight excluding hydrogens is 182 g/mol. The summed E-state index contributed by atoms with van der Waals surface area (Å²) in [5, 5.41) is 0. The van der Waals surface area contributed by atoms with Gasteiger partial charge in [0, 0.05) is 0 Å². The Morgan fingerprint density at radius 2 is 2.00 bits per heavy atom. The van der Waals surface area contributed by atoms with Crippen molar-refractivity contribution in [3.8, 4) is 0 Å². The van der Waals surface area contributed by atoms with Gasteiger partial charge in [-0.05, 0) is 32.6 Å². The van der Waals surface area contributed by atoms with Gasteiger partial charge in [0.1, 0.15) is 0 Å². The predicted molar refractivity (Wildman–Crippen MR) is 70.2 cm³/mol. The molecule has 0 aromatic rings. The number of nitrogens with zero attached hydrogens (tertiary/aromatic N) is 1. The average molecular weight is 201 g/mol. The van der Waals surface area contributed by atoms with Crippen molar-refractivity contribution in [2.45, 2.75) is 20.3 Å². The molecule has 0 amide bonds. The first-order valence-corrected chi connectivity index (χ1v) is 5.03. The van der Waals surface area contributed by atoms with E-state index in [4.69, 9.17) is 0 Å². The summed E-state index contributed by atoms with van der Waals surface area (Å²) in [7, 11) is 0. The molecule has 0 spiro atoms. The minimum atomic E-state index is 0.842. The quantitative estimate of drug-likeness (QED) is 0.450. The summed E-state index contributed by atoms with van der Waals surface area (Å²) in [6, 6.07) is 0. The molecule has 0 unspecified atom stereocenters. The van der Waals surface area contributed by atoms with Crippen LogP contribution in [0.25, 0.3) is 0 Å². The van der Waals surface area contributed by atoms with E-state index in [2.05, 4.69) is 24.4 Å². The molecular formula is C14H19N. The molecule has 0 rings (SSSR count). The van der Waals surface area contributed by atoms with Gasteiger partial charge in [0.25, 0.3) is 0 Å². The summed E-state index contributed by atoms with van der Waals surface area (Å²) in [4.78, 5) is 3.97. The molecule has 0 radical (unpaired) electrons. The van der Waals surface area contributed by atoms with Crippen LogP contribution in [-0.4, -0.2) is 6.72 Å². The van der Waals surface area contributed by atoms with Gasteiger partial charge in [-0.3, -0.25) is 4.99 Å². The number of hydrogen-bond acceptors (Lipinski definition) is 1. The summed E-state index contributed by atoms with van der Waals surface area (Å²) in [5.74, 6) is 0. The lowest BCUT2D eigenvalue weighted by Gasteiger charge is -2.03. The molecule has 1 heteroatoms. The van der Waals surface area contributed by atoms with Gasteiger partial charge in [-0.15, -0.1) is 0 Å². The van der Waals surface area contributed by atoms with E-state index in [1.54, 1.807) is 6.08 Å². The van der Waals surface area contributed by atoms with E-state index in [0.29, 0.717) is 0 Å². The highest BCUT2D eigenvalue weighted by atomic mass is 14.7. The summed E-state index contributed by atoms with van der Waals surface area (Å²) in [6.45, 7) is 11.2. The fourth-order valence-corrected chi connectivity index (χ4v) is 1.16. The minimum Gasteiger partial charge on any atom is -0.265 e. The molecule has 0 aliphatic heterocycles. The summed E-state index contributed by atoms with van der Waals surface area (Å²) >= 11 is 0. The van der Waals surface area contributed by atoms with Crippen LogP contribution < -0.4 is 0 Å². The van der Waals surface area contributed by atoms with Gasteiger partial charge in [0.05, 0.1) is 5.70 Å². The third-order valence-corrected chi connectivity index (χ3v) is 1.87. The molecule has 80 valence electrons. The van der Waals surface area contributed by atoms with E-state index in [9.17, 15) is 0 Å². The topological polar surface area (TPSA) is 12.4 Å². The molecule has 0 aliphatic carbocycles. The van der Waals surface area contributed by atoms with Gasteiger partial charge in [-0.1, -0.05) is 49.1 Å². The highest BCUT2D eigenvalue weighted by molar-refractivity contribution is 5.40. The Morgan fingerprint density at radius 3 is 2.47 bits per heavy atom. The molecule has 0 N–H and O–H groups in total. The van der Waals surface area contributed by atoms with Crippen LogP contribution in [0, 0.1) is 0 Å². The van der Waals surface area contributed by atoms with E-state index < -0.39 is 0 Å². The summed E-state index contributed by atoms with van der Waals surface area (Å²) in [5.41, 5.74) is 2.04. The van der Waals surface area contributed by atoms with Crippen LogP contribution in [0.5, 0.6) is 0 Å². The highest BCUT2D eigenvalue weighted by Crippen LogP contribution is 2.15. The van der Waals surface area contributed by atoms with Crippen molar-refractivity contribution in [1.82, 2.24) is 0 Å². The van der Waals surface area contributed by atoms with Crippen LogP contribution in [-0.2, 0) is 0 Å². The maximum atomic E-state index is 3.97. The molecule has 0 aliphatic rings. The van der Waals surface area contributed by atoms with Gasteiger partial charge in [-0.2, -0.15) is 0 Å². The predicted octanol–water partition coefficient (Wildman–Crippen LogP) is 4.23.